The van der Waals surface area contributed by atoms with Gasteiger partial charge in [0.1, 0.15) is 0 Å². The molecule has 0 bridgehead atoms. The Balaban J connectivity index is 0. The molecule has 177 valence electrons. The molecule has 0 aromatic heterocycles. The average molecular weight is 633 g/mol. The van der Waals surface area contributed by atoms with E-state index in [1.807, 2.05) is 0 Å². The molecule has 30 heavy (non-hydrogen) atoms. The fourth-order valence-corrected chi connectivity index (χ4v) is 12.3. The molecule has 0 unspecified atom stereocenters. The summed E-state index contributed by atoms with van der Waals surface area (Å²) < 4.78 is 0. The van der Waals surface area contributed by atoms with Gasteiger partial charge in [-0.15, -0.1) is 11.1 Å². The van der Waals surface area contributed by atoms with Crippen molar-refractivity contribution in [2.45, 2.75) is 116 Å². The Hall–Kier alpha value is 0.199. The van der Waals surface area contributed by atoms with E-state index in [1.54, 1.807) is 0 Å². The third-order valence-corrected chi connectivity index (χ3v) is 14.0. The van der Waals surface area contributed by atoms with Crippen molar-refractivity contribution >= 4 is 22.3 Å². The summed E-state index contributed by atoms with van der Waals surface area (Å²) in [5.74, 6) is 0. The van der Waals surface area contributed by atoms with Crippen LogP contribution in [0.15, 0.2) is 18.2 Å². The van der Waals surface area contributed by atoms with Crippen molar-refractivity contribution in [3.05, 3.63) is 35.4 Å². The van der Waals surface area contributed by atoms with Gasteiger partial charge in [-0.05, 0) is 83.1 Å². The minimum absolute atomic E-state index is 0. The summed E-state index contributed by atoms with van der Waals surface area (Å²) in [6.45, 7) is 29.6. The van der Waals surface area contributed by atoms with Gasteiger partial charge in [-0.3, -0.25) is 0 Å². The van der Waals surface area contributed by atoms with Crippen molar-refractivity contribution in [2.75, 3.05) is 0 Å². The molecule has 1 rings (SSSR count). The van der Waals surface area contributed by atoms with Gasteiger partial charge in [0.05, 0.1) is 32.9 Å². The summed E-state index contributed by atoms with van der Waals surface area (Å²) in [6, 6.07) is 10.7. The fraction of sp³-hybridized carbons (Fsp3) is 0.720. The molecule has 0 amide bonds. The van der Waals surface area contributed by atoms with Crippen molar-refractivity contribution in [3.63, 3.8) is 0 Å². The quantitative estimate of drug-likeness (QED) is 0.273. The maximum atomic E-state index is 8.24. The van der Waals surface area contributed by atoms with Crippen LogP contribution in [0.3, 0.4) is 0 Å². The minimum Gasteiger partial charge on any atom is -0.665 e. The molecule has 0 aliphatic heterocycles. The Labute approximate surface area is 203 Å². The first-order chi connectivity index (χ1) is 12.8. The topological polar surface area (TPSA) is 37.3 Å². The van der Waals surface area contributed by atoms with E-state index in [4.69, 9.17) is 9.90 Å². The molecule has 1 aromatic carbocycles. The summed E-state index contributed by atoms with van der Waals surface area (Å²) in [6.07, 6.45) is 2.44. The van der Waals surface area contributed by atoms with Crippen LogP contribution in [-0.2, 0) is 37.2 Å². The smallest absolute Gasteiger partial charge is 0.0701 e. The predicted molar refractivity (Wildman–Crippen MR) is 137 cm³/mol. The summed E-state index contributed by atoms with van der Waals surface area (Å²) >= 11 is 0. The molecule has 0 atom stereocenters. The third kappa shape index (κ3) is 11.7. The van der Waals surface area contributed by atoms with Crippen LogP contribution in [0.2, 0.25) is 0 Å². The average Bonchev–Trinajstić information content (AvgIpc) is 2.47. The van der Waals surface area contributed by atoms with E-state index in [-0.39, 0.29) is 20.1 Å². The van der Waals surface area contributed by atoms with Crippen LogP contribution in [0.4, 0.5) is 0 Å². The molecule has 5 heteroatoms. The van der Waals surface area contributed by atoms with Gasteiger partial charge in [0.15, 0.2) is 0 Å². The van der Waals surface area contributed by atoms with Crippen LogP contribution in [0.1, 0.15) is 94.2 Å². The molecule has 0 fully saturated rings. The first-order valence-corrected chi connectivity index (χ1v) is 14.0. The standard InChI is InChI=1S/C24H43P2.CHO2.Ir/c1-21(2,3)25(22(4,5)6)17-19-14-13-15-20(16-19)18-26(23(7,8)9)24(10,11)12;2-1-3;/h13-15H,17-18H2,1-12H3;(H,2,3);/q2*-1;/p+2. The Morgan fingerprint density at radius 1 is 0.733 bits per heavy atom. The monoisotopic (exact) mass is 633 g/mol. The first kappa shape index (κ1) is 32.4. The van der Waals surface area contributed by atoms with E-state index in [2.05, 4.69) is 107 Å². The molecule has 0 aliphatic rings. The Morgan fingerprint density at radius 2 is 0.967 bits per heavy atom. The SMILES string of the molecule is CC(C)(C)[PH+](Cc1[c-]c(C[PH+](C(C)(C)C)C(C)(C)C)ccc1)C(C)(C)C.O=[C-]O.[Ir]. The summed E-state index contributed by atoms with van der Waals surface area (Å²) in [5, 5.41) is 8.37. The maximum absolute atomic E-state index is 8.24. The van der Waals surface area contributed by atoms with Crippen LogP contribution in [0.5, 0.6) is 0 Å². The minimum atomic E-state index is -0.552. The molecule has 0 aliphatic carbocycles. The van der Waals surface area contributed by atoms with E-state index in [0.717, 1.165) is 0 Å². The van der Waals surface area contributed by atoms with Crippen LogP contribution in [-0.4, -0.2) is 32.2 Å². The number of benzene rings is 1. The van der Waals surface area contributed by atoms with Gasteiger partial charge in [-0.1, -0.05) is 6.47 Å². The first-order valence-electron chi connectivity index (χ1n) is 10.6. The summed E-state index contributed by atoms with van der Waals surface area (Å²) in [4.78, 5) is 8.24. The normalized spacial score (nSPS) is 12.9. The van der Waals surface area contributed by atoms with Crippen molar-refractivity contribution in [2.24, 2.45) is 0 Å². The number of hydrogen-bond acceptors (Lipinski definition) is 1. The molecule has 0 heterocycles. The zero-order valence-electron chi connectivity index (χ0n) is 21.3. The van der Waals surface area contributed by atoms with Gasteiger partial charge >= 0.3 is 0 Å². The molecule has 1 radical (unpaired) electrons. The molecule has 0 saturated heterocycles. The van der Waals surface area contributed by atoms with Crippen molar-refractivity contribution in [1.29, 1.82) is 0 Å². The second kappa shape index (κ2) is 12.4. The van der Waals surface area contributed by atoms with Crippen molar-refractivity contribution < 1.29 is 30.0 Å². The summed E-state index contributed by atoms with van der Waals surface area (Å²) in [7, 11) is -1.10. The van der Waals surface area contributed by atoms with Gasteiger partial charge in [0, 0.05) is 35.9 Å². The second-order valence-electron chi connectivity index (χ2n) is 12.1. The molecule has 1 N–H and O–H groups in total. The van der Waals surface area contributed by atoms with E-state index in [1.165, 1.54) is 23.5 Å². The molecule has 1 aromatic rings. The number of aliphatic hydroxyl groups excluding tert-OH is 1. The molecule has 0 spiro atoms. The van der Waals surface area contributed by atoms with E-state index < -0.39 is 15.8 Å². The largest absolute Gasteiger partial charge is 0.665 e. The third-order valence-electron chi connectivity index (χ3n) is 5.27. The van der Waals surface area contributed by atoms with Crippen molar-refractivity contribution in [1.82, 2.24) is 0 Å². The van der Waals surface area contributed by atoms with Crippen LogP contribution < -0.4 is 0 Å². The Morgan fingerprint density at radius 3 is 1.17 bits per heavy atom. The van der Waals surface area contributed by atoms with Crippen LogP contribution in [0.25, 0.3) is 0 Å². The maximum Gasteiger partial charge on any atom is 0.0701 e. The van der Waals surface area contributed by atoms with Gasteiger partial charge in [0.25, 0.3) is 0 Å². The Bertz CT molecular complexity index is 555. The van der Waals surface area contributed by atoms with Gasteiger partial charge in [-0.2, -0.15) is 24.3 Å². The molecular formula is C25H46IrO2P2. The second-order valence-corrected chi connectivity index (χ2v) is 20.7. The van der Waals surface area contributed by atoms with Gasteiger partial charge < -0.3 is 9.90 Å². The van der Waals surface area contributed by atoms with Gasteiger partial charge in [-0.25, -0.2) is 0 Å². The van der Waals surface area contributed by atoms with E-state index in [9.17, 15) is 0 Å². The summed E-state index contributed by atoms with van der Waals surface area (Å²) in [5.41, 5.74) is 2.87. The fourth-order valence-electron chi connectivity index (χ4n) is 4.47. The molecule has 2 nitrogen and oxygen atoms in total. The molecule has 0 saturated carbocycles. The predicted octanol–water partition coefficient (Wildman–Crippen LogP) is 7.72. The molecular weight excluding hydrogens is 586 g/mol. The van der Waals surface area contributed by atoms with E-state index in [0.29, 0.717) is 27.1 Å². The zero-order chi connectivity index (χ0) is 23.3. The van der Waals surface area contributed by atoms with Crippen LogP contribution in [0, 0.1) is 6.07 Å². The van der Waals surface area contributed by atoms with E-state index >= 15 is 0 Å². The number of hydrogen-bond donors (Lipinski definition) is 1. The van der Waals surface area contributed by atoms with Crippen LogP contribution >= 0.6 is 15.8 Å². The number of rotatable bonds is 4. The van der Waals surface area contributed by atoms with Crippen molar-refractivity contribution in [3.8, 4) is 0 Å². The van der Waals surface area contributed by atoms with Gasteiger partial charge in [0.2, 0.25) is 0 Å². The zero-order valence-corrected chi connectivity index (χ0v) is 25.7. The Kier molecular flexibility index (Phi) is 13.4.